The van der Waals surface area contributed by atoms with Crippen molar-refractivity contribution in [1.29, 1.82) is 0 Å². The van der Waals surface area contributed by atoms with Crippen molar-refractivity contribution in [3.8, 4) is 0 Å². The summed E-state index contributed by atoms with van der Waals surface area (Å²) in [7, 11) is 0. The molecule has 21 nitrogen and oxygen atoms in total. The Kier molecular flexibility index (Phi) is 16.6. The number of hydrogen-bond acceptors (Lipinski definition) is 21. The first-order valence-corrected chi connectivity index (χ1v) is 26.6. The quantitative estimate of drug-likeness (QED) is 0.0642. The first kappa shape index (κ1) is 55.7. The minimum Gasteiger partial charge on any atom is -0.459 e. The molecule has 6 aliphatic rings. The number of carbonyl (C=O) groups excluding carboxylic acids is 5. The summed E-state index contributed by atoms with van der Waals surface area (Å²) in [6.45, 7) is 6.09. The summed E-state index contributed by atoms with van der Waals surface area (Å²) in [5.74, 6) is -5.54. The fourth-order valence-electron chi connectivity index (χ4n) is 10.5. The molecule has 11 rings (SSSR count). The zero-order valence-corrected chi connectivity index (χ0v) is 44.5. The van der Waals surface area contributed by atoms with E-state index in [1.165, 1.54) is 36.4 Å². The summed E-state index contributed by atoms with van der Waals surface area (Å²) in [5, 5.41) is 0. The normalized spacial score (nSPS) is 31.5. The summed E-state index contributed by atoms with van der Waals surface area (Å²) in [6, 6.07) is 41.2. The Balaban J connectivity index is 0.951. The van der Waals surface area contributed by atoms with Crippen molar-refractivity contribution in [2.24, 2.45) is 0 Å². The molecule has 15 atom stereocenters. The van der Waals surface area contributed by atoms with Gasteiger partial charge in [0.2, 0.25) is 0 Å². The third-order valence-electron chi connectivity index (χ3n) is 14.2. The van der Waals surface area contributed by atoms with Crippen molar-refractivity contribution >= 4 is 30.0 Å². The Morgan fingerprint density at radius 1 is 0.432 bits per heavy atom. The fourth-order valence-corrected chi connectivity index (χ4v) is 10.5. The average Bonchev–Trinajstić information content (AvgIpc) is 4.03. The van der Waals surface area contributed by atoms with Gasteiger partial charge in [-0.2, -0.15) is 0 Å². The molecule has 0 unspecified atom stereocenters. The Morgan fingerprint density at radius 2 is 0.901 bits per heavy atom. The number of benzene rings is 5. The highest BCUT2D eigenvalue weighted by Gasteiger charge is 2.63. The largest absolute Gasteiger partial charge is 0.509 e. The molecule has 0 radical (unpaired) electrons. The molecule has 6 heterocycles. The molecular weight excluding hydrogens is 1060 g/mol. The minimum absolute atomic E-state index is 0.0742. The molecule has 5 aromatic rings. The van der Waals surface area contributed by atoms with Gasteiger partial charge in [0.1, 0.15) is 49.3 Å². The van der Waals surface area contributed by atoms with E-state index in [-0.39, 0.29) is 42.1 Å². The highest BCUT2D eigenvalue weighted by Crippen LogP contribution is 2.45. The van der Waals surface area contributed by atoms with E-state index in [1.54, 1.807) is 113 Å². The molecule has 81 heavy (non-hydrogen) atoms. The van der Waals surface area contributed by atoms with Crippen LogP contribution in [-0.4, -0.2) is 154 Å². The first-order chi connectivity index (χ1) is 39.1. The maximum atomic E-state index is 14.4. The standard InChI is InChI=1S/C60H60O21/c1-59(2)78-44-41(71-57-50(47(44)79-59)80-60(3,4)81-57)33-68-55-48-46(76-58(65)77-48)43(39(69-55)31-66-30-34-20-10-5-11-21-34)75-56-49(74-54(64)38-28-18-9-19-29-38)45(73-53(63)37-26-16-8-17-27-37)42(72-52(62)36-24-14-7-15-25-36)40(70-56)32-67-51(61)35-22-12-6-13-23-35/h5-29,39-50,55-57H,30-33H2,1-4H3/t39-,40-,41-,42+,43-,44+,45+,46+,47+,48-,49-,50-,55+,56+,57-/m1/s1. The molecule has 21 heteroatoms. The molecule has 426 valence electrons. The van der Waals surface area contributed by atoms with E-state index in [9.17, 15) is 24.0 Å². The summed E-state index contributed by atoms with van der Waals surface area (Å²) >= 11 is 0. The zero-order chi connectivity index (χ0) is 56.3. The van der Waals surface area contributed by atoms with Crippen LogP contribution in [0.3, 0.4) is 0 Å². The topological polar surface area (TPSA) is 233 Å². The van der Waals surface area contributed by atoms with E-state index in [0.29, 0.717) is 0 Å². The molecular formula is C60H60O21. The maximum Gasteiger partial charge on any atom is 0.509 e. The van der Waals surface area contributed by atoms with E-state index in [2.05, 4.69) is 0 Å². The summed E-state index contributed by atoms with van der Waals surface area (Å²) in [5.41, 5.74) is 1.24. The van der Waals surface area contributed by atoms with Gasteiger partial charge in [-0.05, 0) is 81.8 Å². The van der Waals surface area contributed by atoms with Crippen LogP contribution in [-0.2, 0) is 82.4 Å². The van der Waals surface area contributed by atoms with Crippen LogP contribution < -0.4 is 0 Å². The molecule has 5 aromatic carbocycles. The lowest BCUT2D eigenvalue weighted by molar-refractivity contribution is -0.351. The van der Waals surface area contributed by atoms with E-state index in [1.807, 2.05) is 30.3 Å². The molecule has 6 fully saturated rings. The van der Waals surface area contributed by atoms with Gasteiger partial charge in [-0.25, -0.2) is 24.0 Å². The lowest BCUT2D eigenvalue weighted by atomic mass is 9.96. The van der Waals surface area contributed by atoms with Crippen LogP contribution >= 0.6 is 0 Å². The van der Waals surface area contributed by atoms with Crippen molar-refractivity contribution < 1.29 is 99.8 Å². The SMILES string of the molecule is CC1(C)O[C@H]2[C@@H](O1)[C@@H](CO[C@H]1O[C@H](COCc3ccccc3)[C@@H](O[C@@H]3O[C@H](COC(=O)c4ccccc4)[C@H](OC(=O)c4ccccc4)[C@H](OC(=O)c4ccccc4)[C@H]3OC(=O)c3ccccc3)[C@@H]3OC(=O)O[C@@H]13)O[C@@H]1OC(C)(C)O[C@@H]12. The Hall–Kier alpha value is -7.15. The van der Waals surface area contributed by atoms with Crippen LogP contribution in [0.4, 0.5) is 4.79 Å². The molecule has 0 spiro atoms. The third-order valence-corrected chi connectivity index (χ3v) is 14.2. The van der Waals surface area contributed by atoms with Gasteiger partial charge < -0.3 is 75.8 Å². The highest BCUT2D eigenvalue weighted by molar-refractivity contribution is 5.91. The molecule has 0 amide bonds. The van der Waals surface area contributed by atoms with Crippen LogP contribution in [0.5, 0.6) is 0 Å². The smallest absolute Gasteiger partial charge is 0.459 e. The molecule has 0 saturated carbocycles. The summed E-state index contributed by atoms with van der Waals surface area (Å²) in [4.78, 5) is 70.2. The lowest BCUT2D eigenvalue weighted by Gasteiger charge is -2.47. The maximum absolute atomic E-state index is 14.4. The van der Waals surface area contributed by atoms with E-state index in [0.717, 1.165) is 5.56 Å². The molecule has 6 aliphatic heterocycles. The van der Waals surface area contributed by atoms with Gasteiger partial charge in [0.05, 0.1) is 42.1 Å². The van der Waals surface area contributed by atoms with Crippen molar-refractivity contribution in [2.75, 3.05) is 19.8 Å². The summed E-state index contributed by atoms with van der Waals surface area (Å²) in [6.07, 6.45) is -20.1. The number of fused-ring (bicyclic) bond motifs is 4. The highest BCUT2D eigenvalue weighted by atomic mass is 16.9. The van der Waals surface area contributed by atoms with Crippen molar-refractivity contribution in [3.63, 3.8) is 0 Å². The van der Waals surface area contributed by atoms with Crippen molar-refractivity contribution in [2.45, 2.75) is 138 Å². The predicted molar refractivity (Wildman–Crippen MR) is 276 cm³/mol. The Bertz CT molecular complexity index is 2970. The number of hydrogen-bond donors (Lipinski definition) is 0. The van der Waals surface area contributed by atoms with Crippen LogP contribution in [0.1, 0.15) is 74.7 Å². The fraction of sp³-hybridized carbons (Fsp3) is 0.417. The van der Waals surface area contributed by atoms with Crippen molar-refractivity contribution in [3.05, 3.63) is 179 Å². The number of ether oxygens (including phenoxy) is 16. The van der Waals surface area contributed by atoms with E-state index < -0.39 is 140 Å². The zero-order valence-electron chi connectivity index (χ0n) is 44.5. The molecule has 6 saturated heterocycles. The van der Waals surface area contributed by atoms with Crippen molar-refractivity contribution in [1.82, 2.24) is 0 Å². The van der Waals surface area contributed by atoms with Gasteiger partial charge in [-0.15, -0.1) is 0 Å². The van der Waals surface area contributed by atoms with Gasteiger partial charge in [-0.3, -0.25) is 0 Å². The van der Waals surface area contributed by atoms with Crippen LogP contribution in [0.15, 0.2) is 152 Å². The third kappa shape index (κ3) is 12.8. The number of carbonyl (C=O) groups is 5. The van der Waals surface area contributed by atoms with Crippen LogP contribution in [0.25, 0.3) is 0 Å². The predicted octanol–water partition coefficient (Wildman–Crippen LogP) is 6.89. The minimum atomic E-state index is -1.85. The Morgan fingerprint density at radius 3 is 1.49 bits per heavy atom. The monoisotopic (exact) mass is 1120 g/mol. The Labute approximate surface area is 465 Å². The van der Waals surface area contributed by atoms with Gasteiger partial charge in [0.25, 0.3) is 0 Å². The first-order valence-electron chi connectivity index (χ1n) is 26.6. The van der Waals surface area contributed by atoms with Gasteiger partial charge in [-0.1, -0.05) is 103 Å². The van der Waals surface area contributed by atoms with E-state index in [4.69, 9.17) is 75.8 Å². The number of rotatable bonds is 18. The van der Waals surface area contributed by atoms with Gasteiger partial charge in [0, 0.05) is 0 Å². The summed E-state index contributed by atoms with van der Waals surface area (Å²) < 4.78 is 101. The van der Waals surface area contributed by atoms with Crippen LogP contribution in [0.2, 0.25) is 0 Å². The average molecular weight is 1120 g/mol. The molecule has 0 aliphatic carbocycles. The number of esters is 4. The van der Waals surface area contributed by atoms with Gasteiger partial charge in [0.15, 0.2) is 61.0 Å². The molecule has 0 N–H and O–H groups in total. The molecule has 0 aromatic heterocycles. The van der Waals surface area contributed by atoms with Crippen LogP contribution in [0, 0.1) is 0 Å². The van der Waals surface area contributed by atoms with E-state index >= 15 is 0 Å². The second-order valence-corrected chi connectivity index (χ2v) is 20.8. The molecule has 0 bridgehead atoms. The lowest BCUT2D eigenvalue weighted by Crippen LogP contribution is -2.66. The van der Waals surface area contributed by atoms with Gasteiger partial charge >= 0.3 is 30.0 Å². The second-order valence-electron chi connectivity index (χ2n) is 20.8. The second kappa shape index (κ2) is 24.1.